The van der Waals surface area contributed by atoms with Gasteiger partial charge in [-0.2, -0.15) is 0 Å². The van der Waals surface area contributed by atoms with Gasteiger partial charge in [-0.3, -0.25) is 4.79 Å². The maximum absolute atomic E-state index is 11.9. The van der Waals surface area contributed by atoms with Crippen LogP contribution in [0.1, 0.15) is 24.8 Å². The Hall–Kier alpha value is -1.43. The van der Waals surface area contributed by atoms with Gasteiger partial charge in [-0.15, -0.1) is 0 Å². The number of nitrogens with two attached hydrogens (primary N) is 1. The third kappa shape index (κ3) is 5.46. The van der Waals surface area contributed by atoms with E-state index < -0.39 is 0 Å². The number of benzene rings is 1. The molecule has 0 bridgehead atoms. The highest BCUT2D eigenvalue weighted by Gasteiger charge is 2.15. The van der Waals surface area contributed by atoms with Gasteiger partial charge in [0.25, 0.3) is 0 Å². The predicted octanol–water partition coefficient (Wildman–Crippen LogP) is 1.92. The van der Waals surface area contributed by atoms with E-state index in [1.54, 1.807) is 0 Å². The van der Waals surface area contributed by atoms with Crippen LogP contribution in [0.25, 0.3) is 0 Å². The summed E-state index contributed by atoms with van der Waals surface area (Å²) < 4.78 is 10.9. The van der Waals surface area contributed by atoms with Crippen molar-refractivity contribution < 1.29 is 14.3 Å². The van der Waals surface area contributed by atoms with Crippen LogP contribution in [0.3, 0.4) is 0 Å². The molecule has 0 aliphatic carbocycles. The summed E-state index contributed by atoms with van der Waals surface area (Å²) in [6.07, 6.45) is 2.26. The van der Waals surface area contributed by atoms with Crippen LogP contribution in [0.5, 0.6) is 0 Å². The van der Waals surface area contributed by atoms with Crippen molar-refractivity contribution in [1.29, 1.82) is 0 Å². The Kier molecular flexibility index (Phi) is 6.66. The molecule has 0 saturated carbocycles. The number of para-hydroxylation sites is 1. The largest absolute Gasteiger partial charge is 0.381 e. The Morgan fingerprint density at radius 3 is 3.05 bits per heavy atom. The first-order chi connectivity index (χ1) is 10.3. The van der Waals surface area contributed by atoms with E-state index in [2.05, 4.69) is 5.32 Å². The van der Waals surface area contributed by atoms with Crippen molar-refractivity contribution in [3.05, 3.63) is 29.8 Å². The van der Waals surface area contributed by atoms with Gasteiger partial charge in [-0.25, -0.2) is 0 Å². The van der Waals surface area contributed by atoms with Crippen molar-refractivity contribution in [1.82, 2.24) is 0 Å². The second-order valence-corrected chi connectivity index (χ2v) is 5.32. The summed E-state index contributed by atoms with van der Waals surface area (Å²) in [5.74, 6) is 0.527. The Bertz CT molecular complexity index is 445. The average Bonchev–Trinajstić information content (AvgIpc) is 3.01. The topological polar surface area (TPSA) is 73.6 Å². The number of rotatable bonds is 8. The van der Waals surface area contributed by atoms with E-state index in [-0.39, 0.29) is 5.91 Å². The highest BCUT2D eigenvalue weighted by atomic mass is 16.5. The zero-order valence-corrected chi connectivity index (χ0v) is 12.3. The van der Waals surface area contributed by atoms with Crippen molar-refractivity contribution in [3.63, 3.8) is 0 Å². The molecule has 1 amide bonds. The minimum Gasteiger partial charge on any atom is -0.381 e. The maximum Gasteiger partial charge on any atom is 0.224 e. The molecule has 21 heavy (non-hydrogen) atoms. The fourth-order valence-corrected chi connectivity index (χ4v) is 2.33. The number of carbonyl (C=O) groups excluding carboxylic acids is 1. The third-order valence-electron chi connectivity index (χ3n) is 3.58. The first kappa shape index (κ1) is 15.9. The third-order valence-corrected chi connectivity index (χ3v) is 3.58. The highest BCUT2D eigenvalue weighted by molar-refractivity contribution is 5.91. The molecule has 1 aromatic rings. The molecule has 2 rings (SSSR count). The highest BCUT2D eigenvalue weighted by Crippen LogP contribution is 2.15. The quantitative estimate of drug-likeness (QED) is 0.718. The lowest BCUT2D eigenvalue weighted by Gasteiger charge is -2.10. The molecular weight excluding hydrogens is 268 g/mol. The molecule has 0 radical (unpaired) electrons. The molecule has 0 aromatic heterocycles. The first-order valence-electron chi connectivity index (χ1n) is 7.53. The minimum atomic E-state index is 0.00343. The van der Waals surface area contributed by atoms with Gasteiger partial charge in [0.05, 0.1) is 13.2 Å². The molecule has 116 valence electrons. The molecule has 3 N–H and O–H groups in total. The second-order valence-electron chi connectivity index (χ2n) is 5.32. The van der Waals surface area contributed by atoms with Gasteiger partial charge in [-0.1, -0.05) is 18.2 Å². The van der Waals surface area contributed by atoms with Crippen LogP contribution in [0, 0.1) is 5.92 Å². The molecule has 1 aliphatic heterocycles. The van der Waals surface area contributed by atoms with Crippen molar-refractivity contribution in [2.75, 3.05) is 31.7 Å². The van der Waals surface area contributed by atoms with Crippen molar-refractivity contribution >= 4 is 11.6 Å². The van der Waals surface area contributed by atoms with Gasteiger partial charge in [-0.05, 0) is 24.5 Å². The minimum absolute atomic E-state index is 0.00343. The van der Waals surface area contributed by atoms with E-state index >= 15 is 0 Å². The van der Waals surface area contributed by atoms with Crippen LogP contribution < -0.4 is 11.1 Å². The summed E-state index contributed by atoms with van der Waals surface area (Å²) in [4.78, 5) is 11.9. The summed E-state index contributed by atoms with van der Waals surface area (Å²) in [7, 11) is 0. The van der Waals surface area contributed by atoms with Crippen LogP contribution in [-0.2, 0) is 20.8 Å². The lowest BCUT2D eigenvalue weighted by atomic mass is 10.1. The Morgan fingerprint density at radius 2 is 2.29 bits per heavy atom. The van der Waals surface area contributed by atoms with Crippen LogP contribution in [-0.4, -0.2) is 32.3 Å². The summed E-state index contributed by atoms with van der Waals surface area (Å²) in [6, 6.07) is 7.60. The molecular formula is C16H24N2O3. The Labute approximate surface area is 125 Å². The molecule has 1 saturated heterocycles. The lowest BCUT2D eigenvalue weighted by Crippen LogP contribution is -2.15. The number of hydrogen-bond acceptors (Lipinski definition) is 4. The number of hydrogen-bond donors (Lipinski definition) is 2. The van der Waals surface area contributed by atoms with Gasteiger partial charge in [0, 0.05) is 37.8 Å². The zero-order chi connectivity index (χ0) is 14.9. The fourth-order valence-electron chi connectivity index (χ4n) is 2.33. The van der Waals surface area contributed by atoms with Gasteiger partial charge in [0.1, 0.15) is 0 Å². The number of carbonyl (C=O) groups is 1. The van der Waals surface area contributed by atoms with E-state index in [1.807, 2.05) is 24.3 Å². The SMILES string of the molecule is NCc1ccccc1NC(=O)CCCOCC1CCOC1. The molecule has 1 aliphatic rings. The Balaban J connectivity index is 1.61. The maximum atomic E-state index is 11.9. The van der Waals surface area contributed by atoms with Gasteiger partial charge < -0.3 is 20.5 Å². The summed E-state index contributed by atoms with van der Waals surface area (Å²) >= 11 is 0. The monoisotopic (exact) mass is 292 g/mol. The molecule has 5 heteroatoms. The van der Waals surface area contributed by atoms with E-state index in [0.717, 1.165) is 43.9 Å². The van der Waals surface area contributed by atoms with Gasteiger partial charge in [0.2, 0.25) is 5.91 Å². The standard InChI is InChI=1S/C16H24N2O3/c17-10-14-4-1-2-5-15(14)18-16(19)6-3-8-20-11-13-7-9-21-12-13/h1-2,4-5,13H,3,6-12,17H2,(H,18,19). The normalized spacial score (nSPS) is 17.9. The molecule has 1 unspecified atom stereocenters. The number of nitrogens with one attached hydrogen (secondary N) is 1. The molecule has 0 spiro atoms. The Morgan fingerprint density at radius 1 is 1.43 bits per heavy atom. The summed E-state index contributed by atoms with van der Waals surface area (Å²) in [5.41, 5.74) is 7.39. The van der Waals surface area contributed by atoms with Crippen LogP contribution in [0.2, 0.25) is 0 Å². The molecule has 5 nitrogen and oxygen atoms in total. The fraction of sp³-hybridized carbons (Fsp3) is 0.562. The van der Waals surface area contributed by atoms with Gasteiger partial charge in [0.15, 0.2) is 0 Å². The van der Waals surface area contributed by atoms with E-state index in [4.69, 9.17) is 15.2 Å². The predicted molar refractivity (Wildman–Crippen MR) is 81.9 cm³/mol. The van der Waals surface area contributed by atoms with Crippen LogP contribution in [0.4, 0.5) is 5.69 Å². The zero-order valence-electron chi connectivity index (χ0n) is 12.3. The van der Waals surface area contributed by atoms with Crippen molar-refractivity contribution in [2.24, 2.45) is 11.7 Å². The molecule has 1 aromatic carbocycles. The van der Waals surface area contributed by atoms with Crippen molar-refractivity contribution in [3.8, 4) is 0 Å². The van der Waals surface area contributed by atoms with E-state index in [0.29, 0.717) is 25.5 Å². The van der Waals surface area contributed by atoms with E-state index in [1.165, 1.54) is 0 Å². The number of amides is 1. The molecule has 1 fully saturated rings. The lowest BCUT2D eigenvalue weighted by molar-refractivity contribution is -0.116. The van der Waals surface area contributed by atoms with Gasteiger partial charge >= 0.3 is 0 Å². The van der Waals surface area contributed by atoms with Crippen LogP contribution in [0.15, 0.2) is 24.3 Å². The average molecular weight is 292 g/mol. The first-order valence-corrected chi connectivity index (χ1v) is 7.53. The number of ether oxygens (including phenoxy) is 2. The van der Waals surface area contributed by atoms with Crippen LogP contribution >= 0.6 is 0 Å². The summed E-state index contributed by atoms with van der Waals surface area (Å²) in [5, 5.41) is 2.90. The van der Waals surface area contributed by atoms with Crippen molar-refractivity contribution in [2.45, 2.75) is 25.8 Å². The molecule has 1 heterocycles. The number of anilines is 1. The molecule has 1 atom stereocenters. The summed E-state index contributed by atoms with van der Waals surface area (Å²) in [6.45, 7) is 3.41. The second kappa shape index (κ2) is 8.77. The van der Waals surface area contributed by atoms with E-state index in [9.17, 15) is 4.79 Å². The smallest absolute Gasteiger partial charge is 0.224 e.